The summed E-state index contributed by atoms with van der Waals surface area (Å²) in [6, 6.07) is 3.76. The first-order chi connectivity index (χ1) is 9.54. The molecule has 3 N–H and O–H groups in total. The first-order valence-electron chi connectivity index (χ1n) is 6.83. The molecule has 4 nitrogen and oxygen atoms in total. The molecule has 0 bridgehead atoms. The number of halogens is 2. The Balaban J connectivity index is 1.82. The SMILES string of the molecule is Nc1cc(Cl)c(N2CCC3NC(=O)CCC3C2)c(Cl)c1. The number of nitrogens with one attached hydrogen (secondary N) is 1. The molecule has 2 atom stereocenters. The third kappa shape index (κ3) is 2.54. The molecular formula is C14H17Cl2N3O. The molecule has 1 aromatic carbocycles. The van der Waals surface area contributed by atoms with Crippen LogP contribution >= 0.6 is 23.2 Å². The van der Waals surface area contributed by atoms with Crippen LogP contribution in [0.1, 0.15) is 19.3 Å². The van der Waals surface area contributed by atoms with Gasteiger partial charge in [-0.2, -0.15) is 0 Å². The molecule has 108 valence electrons. The molecule has 0 spiro atoms. The summed E-state index contributed by atoms with van der Waals surface area (Å²) >= 11 is 12.6. The van der Waals surface area contributed by atoms with Crippen LogP contribution in [0.4, 0.5) is 11.4 Å². The summed E-state index contributed by atoms with van der Waals surface area (Å²) < 4.78 is 0. The Labute approximate surface area is 128 Å². The van der Waals surface area contributed by atoms with E-state index in [1.165, 1.54) is 0 Å². The third-order valence-electron chi connectivity index (χ3n) is 4.18. The molecule has 0 aliphatic carbocycles. The minimum Gasteiger partial charge on any atom is -0.399 e. The number of hydrogen-bond acceptors (Lipinski definition) is 3. The number of nitrogens with two attached hydrogens (primary N) is 1. The van der Waals surface area contributed by atoms with E-state index in [-0.39, 0.29) is 5.91 Å². The van der Waals surface area contributed by atoms with Crippen LogP contribution in [0, 0.1) is 5.92 Å². The molecule has 0 saturated carbocycles. The lowest BCUT2D eigenvalue weighted by Crippen LogP contribution is -2.54. The Bertz CT molecular complexity index is 526. The lowest BCUT2D eigenvalue weighted by Gasteiger charge is -2.42. The van der Waals surface area contributed by atoms with Gasteiger partial charge >= 0.3 is 0 Å². The number of amides is 1. The van der Waals surface area contributed by atoms with Crippen molar-refractivity contribution in [3.63, 3.8) is 0 Å². The van der Waals surface area contributed by atoms with Gasteiger partial charge in [0.25, 0.3) is 0 Å². The molecular weight excluding hydrogens is 297 g/mol. The fourth-order valence-electron chi connectivity index (χ4n) is 3.20. The topological polar surface area (TPSA) is 58.4 Å². The normalized spacial score (nSPS) is 26.1. The van der Waals surface area contributed by atoms with E-state index in [0.29, 0.717) is 34.1 Å². The van der Waals surface area contributed by atoms with Gasteiger partial charge in [0.2, 0.25) is 5.91 Å². The average Bonchev–Trinajstić information content (AvgIpc) is 2.37. The minimum absolute atomic E-state index is 0.170. The summed E-state index contributed by atoms with van der Waals surface area (Å²) in [5.41, 5.74) is 7.18. The molecule has 1 aromatic rings. The van der Waals surface area contributed by atoms with E-state index < -0.39 is 0 Å². The number of anilines is 2. The maximum atomic E-state index is 11.4. The Kier molecular flexibility index (Phi) is 3.69. The van der Waals surface area contributed by atoms with Crippen molar-refractivity contribution >= 4 is 40.5 Å². The van der Waals surface area contributed by atoms with Gasteiger partial charge in [-0.25, -0.2) is 0 Å². The highest BCUT2D eigenvalue weighted by molar-refractivity contribution is 6.39. The maximum Gasteiger partial charge on any atom is 0.220 e. The monoisotopic (exact) mass is 313 g/mol. The van der Waals surface area contributed by atoms with Gasteiger partial charge in [-0.1, -0.05) is 23.2 Å². The van der Waals surface area contributed by atoms with Crippen LogP contribution in [-0.4, -0.2) is 25.0 Å². The molecule has 1 amide bonds. The highest BCUT2D eigenvalue weighted by atomic mass is 35.5. The van der Waals surface area contributed by atoms with E-state index in [9.17, 15) is 4.79 Å². The zero-order valence-electron chi connectivity index (χ0n) is 11.0. The second-order valence-corrected chi connectivity index (χ2v) is 6.36. The number of carbonyl (C=O) groups excluding carboxylic acids is 1. The van der Waals surface area contributed by atoms with Gasteiger partial charge in [0.1, 0.15) is 0 Å². The van der Waals surface area contributed by atoms with E-state index in [4.69, 9.17) is 28.9 Å². The summed E-state index contributed by atoms with van der Waals surface area (Å²) in [7, 11) is 0. The van der Waals surface area contributed by atoms with Crippen LogP contribution in [0.25, 0.3) is 0 Å². The molecule has 0 aromatic heterocycles. The Hall–Kier alpha value is -1.13. The summed E-state index contributed by atoms with van der Waals surface area (Å²) in [6.45, 7) is 1.71. The lowest BCUT2D eigenvalue weighted by molar-refractivity contribution is -0.124. The van der Waals surface area contributed by atoms with Crippen molar-refractivity contribution in [3.05, 3.63) is 22.2 Å². The smallest absolute Gasteiger partial charge is 0.220 e. The number of nitrogens with zero attached hydrogens (tertiary/aromatic N) is 1. The lowest BCUT2D eigenvalue weighted by atomic mass is 9.85. The third-order valence-corrected chi connectivity index (χ3v) is 4.75. The molecule has 0 radical (unpaired) electrons. The fraction of sp³-hybridized carbons (Fsp3) is 0.500. The van der Waals surface area contributed by atoms with Crippen molar-refractivity contribution in [1.82, 2.24) is 5.32 Å². The van der Waals surface area contributed by atoms with Crippen LogP contribution in [0.15, 0.2) is 12.1 Å². The summed E-state index contributed by atoms with van der Waals surface area (Å²) in [6.07, 6.45) is 2.46. The van der Waals surface area contributed by atoms with Gasteiger partial charge in [0.05, 0.1) is 15.7 Å². The largest absolute Gasteiger partial charge is 0.399 e. The van der Waals surface area contributed by atoms with E-state index in [2.05, 4.69) is 10.2 Å². The number of piperidine rings is 2. The molecule has 2 saturated heterocycles. The van der Waals surface area contributed by atoms with E-state index >= 15 is 0 Å². The fourth-order valence-corrected chi connectivity index (χ4v) is 3.94. The Morgan fingerprint density at radius 3 is 2.65 bits per heavy atom. The van der Waals surface area contributed by atoms with Gasteiger partial charge in [0, 0.05) is 31.2 Å². The molecule has 2 unspecified atom stereocenters. The van der Waals surface area contributed by atoms with Crippen LogP contribution < -0.4 is 16.0 Å². The molecule has 2 fully saturated rings. The van der Waals surface area contributed by atoms with Crippen LogP contribution in [-0.2, 0) is 4.79 Å². The first kappa shape index (κ1) is 13.8. The van der Waals surface area contributed by atoms with Gasteiger partial charge < -0.3 is 16.0 Å². The van der Waals surface area contributed by atoms with Crippen molar-refractivity contribution < 1.29 is 4.79 Å². The summed E-state index contributed by atoms with van der Waals surface area (Å²) in [5.74, 6) is 0.634. The molecule has 2 heterocycles. The van der Waals surface area contributed by atoms with E-state index in [1.54, 1.807) is 12.1 Å². The number of nitrogen functional groups attached to an aromatic ring is 1. The maximum absolute atomic E-state index is 11.4. The molecule has 20 heavy (non-hydrogen) atoms. The highest BCUT2D eigenvalue weighted by Gasteiger charge is 2.34. The first-order valence-corrected chi connectivity index (χ1v) is 7.59. The predicted molar refractivity (Wildman–Crippen MR) is 82.4 cm³/mol. The van der Waals surface area contributed by atoms with Crippen molar-refractivity contribution in [2.45, 2.75) is 25.3 Å². The van der Waals surface area contributed by atoms with Gasteiger partial charge in [-0.15, -0.1) is 0 Å². The number of carbonyl (C=O) groups is 1. The zero-order chi connectivity index (χ0) is 14.3. The number of rotatable bonds is 1. The second kappa shape index (κ2) is 5.34. The molecule has 2 aliphatic heterocycles. The average molecular weight is 314 g/mol. The second-order valence-electron chi connectivity index (χ2n) is 5.54. The quantitative estimate of drug-likeness (QED) is 0.784. The summed E-state index contributed by atoms with van der Waals surface area (Å²) in [5, 5.41) is 4.26. The van der Waals surface area contributed by atoms with Crippen LogP contribution in [0.3, 0.4) is 0 Å². The molecule has 3 rings (SSSR count). The van der Waals surface area contributed by atoms with Crippen LogP contribution in [0.2, 0.25) is 10.0 Å². The Morgan fingerprint density at radius 2 is 1.95 bits per heavy atom. The molecule has 2 aliphatic rings. The number of fused-ring (bicyclic) bond motifs is 1. The van der Waals surface area contributed by atoms with Gasteiger partial charge in [0.15, 0.2) is 0 Å². The van der Waals surface area contributed by atoms with Crippen molar-refractivity contribution in [2.24, 2.45) is 5.92 Å². The number of benzene rings is 1. The van der Waals surface area contributed by atoms with E-state index in [1.807, 2.05) is 0 Å². The van der Waals surface area contributed by atoms with E-state index in [0.717, 1.165) is 31.6 Å². The van der Waals surface area contributed by atoms with Crippen molar-refractivity contribution in [1.29, 1.82) is 0 Å². The zero-order valence-corrected chi connectivity index (χ0v) is 12.5. The minimum atomic E-state index is 0.170. The predicted octanol–water partition coefficient (Wildman–Crippen LogP) is 2.68. The van der Waals surface area contributed by atoms with Gasteiger partial charge in [-0.05, 0) is 30.9 Å². The standard InChI is InChI=1S/C14H17Cl2N3O/c15-10-5-9(17)6-11(16)14(10)19-4-3-12-8(7-19)1-2-13(20)18-12/h5-6,8,12H,1-4,7,17H2,(H,18,20). The van der Waals surface area contributed by atoms with Crippen molar-refractivity contribution in [3.8, 4) is 0 Å². The Morgan fingerprint density at radius 1 is 1.25 bits per heavy atom. The number of hydrogen-bond donors (Lipinski definition) is 2. The van der Waals surface area contributed by atoms with Gasteiger partial charge in [-0.3, -0.25) is 4.79 Å². The van der Waals surface area contributed by atoms with Crippen molar-refractivity contribution in [2.75, 3.05) is 23.7 Å². The highest BCUT2D eigenvalue weighted by Crippen LogP contribution is 2.39. The summed E-state index contributed by atoms with van der Waals surface area (Å²) in [4.78, 5) is 13.6. The molecule has 6 heteroatoms. The van der Waals surface area contributed by atoms with Crippen LogP contribution in [0.5, 0.6) is 0 Å².